The minimum Gasteiger partial charge on any atom is -0.379 e. The van der Waals surface area contributed by atoms with Crippen molar-refractivity contribution in [2.75, 3.05) is 32.9 Å². The minimum absolute atomic E-state index is 0.234. The van der Waals surface area contributed by atoms with Crippen LogP contribution in [-0.2, 0) is 19.1 Å². The summed E-state index contributed by atoms with van der Waals surface area (Å²) in [6.45, 7) is 11.7. The van der Waals surface area contributed by atoms with Gasteiger partial charge in [0, 0.05) is 24.9 Å². The highest BCUT2D eigenvalue weighted by atomic mass is 16.5. The van der Waals surface area contributed by atoms with Crippen LogP contribution in [0.25, 0.3) is 0 Å². The number of Topliss-reactive ketones (excluding diaryl/α,β-unsaturated/α-hetero) is 1. The molecule has 1 heterocycles. The van der Waals surface area contributed by atoms with Crippen molar-refractivity contribution in [2.24, 2.45) is 11.8 Å². The molecule has 1 aliphatic heterocycles. The molecule has 1 saturated heterocycles. The molecule has 0 aromatic heterocycles. The van der Waals surface area contributed by atoms with Gasteiger partial charge in [0.05, 0.1) is 32.3 Å². The molecule has 2 fully saturated rings. The van der Waals surface area contributed by atoms with Crippen molar-refractivity contribution in [1.82, 2.24) is 4.90 Å². The SMILES string of the molecule is CC(C)C(=O)C1CCCCC1.CCC(C)OCCOCCC(=O)N1CCCCC1. The molecule has 170 valence electrons. The van der Waals surface area contributed by atoms with Crippen LogP contribution in [0.4, 0.5) is 0 Å². The molecular formula is C24H45NO4. The fraction of sp³-hybridized carbons (Fsp3) is 0.917. The van der Waals surface area contributed by atoms with Gasteiger partial charge in [0.15, 0.2) is 0 Å². The van der Waals surface area contributed by atoms with E-state index in [-0.39, 0.29) is 11.8 Å². The number of ketones is 1. The Hall–Kier alpha value is -0.940. The van der Waals surface area contributed by atoms with Crippen LogP contribution in [-0.4, -0.2) is 55.6 Å². The van der Waals surface area contributed by atoms with Crippen LogP contribution in [0.1, 0.15) is 91.9 Å². The first-order valence-corrected chi connectivity index (χ1v) is 12.0. The maximum absolute atomic E-state index is 11.8. The van der Waals surface area contributed by atoms with Crippen LogP contribution in [0.5, 0.6) is 0 Å². The molecule has 0 spiro atoms. The number of rotatable bonds is 10. The Bertz CT molecular complexity index is 440. The summed E-state index contributed by atoms with van der Waals surface area (Å²) in [4.78, 5) is 25.3. The summed E-state index contributed by atoms with van der Waals surface area (Å²) in [5, 5.41) is 0. The number of carbonyl (C=O) groups excluding carboxylic acids is 2. The lowest BCUT2D eigenvalue weighted by Crippen LogP contribution is -2.36. The van der Waals surface area contributed by atoms with Crippen LogP contribution in [0.15, 0.2) is 0 Å². The maximum Gasteiger partial charge on any atom is 0.224 e. The van der Waals surface area contributed by atoms with Gasteiger partial charge in [-0.15, -0.1) is 0 Å². The van der Waals surface area contributed by atoms with E-state index < -0.39 is 0 Å². The summed E-state index contributed by atoms with van der Waals surface area (Å²) in [5.74, 6) is 1.38. The predicted molar refractivity (Wildman–Crippen MR) is 118 cm³/mol. The summed E-state index contributed by atoms with van der Waals surface area (Å²) in [7, 11) is 0. The molecule has 2 aliphatic rings. The van der Waals surface area contributed by atoms with E-state index in [9.17, 15) is 9.59 Å². The van der Waals surface area contributed by atoms with Gasteiger partial charge in [-0.05, 0) is 45.4 Å². The van der Waals surface area contributed by atoms with Gasteiger partial charge in [-0.2, -0.15) is 0 Å². The third-order valence-corrected chi connectivity index (χ3v) is 5.95. The lowest BCUT2D eigenvalue weighted by Gasteiger charge is -2.26. The first-order chi connectivity index (χ1) is 14.0. The van der Waals surface area contributed by atoms with Gasteiger partial charge < -0.3 is 14.4 Å². The Balaban J connectivity index is 0.000000326. The Morgan fingerprint density at radius 2 is 1.52 bits per heavy atom. The van der Waals surface area contributed by atoms with E-state index in [0.29, 0.717) is 44.0 Å². The molecule has 2 rings (SSSR count). The predicted octanol–water partition coefficient (Wildman–Crippen LogP) is 5.01. The Morgan fingerprint density at radius 1 is 0.897 bits per heavy atom. The molecule has 5 nitrogen and oxygen atoms in total. The van der Waals surface area contributed by atoms with Crippen molar-refractivity contribution < 1.29 is 19.1 Å². The van der Waals surface area contributed by atoms with Crippen molar-refractivity contribution in [1.29, 1.82) is 0 Å². The van der Waals surface area contributed by atoms with Gasteiger partial charge >= 0.3 is 0 Å². The van der Waals surface area contributed by atoms with Crippen LogP contribution in [0.2, 0.25) is 0 Å². The molecule has 1 amide bonds. The zero-order valence-electron chi connectivity index (χ0n) is 19.4. The maximum atomic E-state index is 11.8. The average Bonchev–Trinajstić information content (AvgIpc) is 2.76. The van der Waals surface area contributed by atoms with Gasteiger partial charge in [0.25, 0.3) is 0 Å². The number of nitrogens with zero attached hydrogens (tertiary/aromatic N) is 1. The Morgan fingerprint density at radius 3 is 2.10 bits per heavy atom. The van der Waals surface area contributed by atoms with Crippen molar-refractivity contribution in [3.05, 3.63) is 0 Å². The lowest BCUT2D eigenvalue weighted by molar-refractivity contribution is -0.133. The van der Waals surface area contributed by atoms with Crippen LogP contribution >= 0.6 is 0 Å². The number of hydrogen-bond donors (Lipinski definition) is 0. The highest BCUT2D eigenvalue weighted by molar-refractivity contribution is 5.82. The van der Waals surface area contributed by atoms with E-state index in [1.54, 1.807) is 0 Å². The molecule has 1 saturated carbocycles. The van der Waals surface area contributed by atoms with Crippen LogP contribution < -0.4 is 0 Å². The summed E-state index contributed by atoms with van der Waals surface area (Å²) in [6, 6.07) is 0. The van der Waals surface area contributed by atoms with Gasteiger partial charge in [-0.25, -0.2) is 0 Å². The van der Waals surface area contributed by atoms with Crippen molar-refractivity contribution in [3.8, 4) is 0 Å². The molecule has 29 heavy (non-hydrogen) atoms. The third-order valence-electron chi connectivity index (χ3n) is 5.95. The van der Waals surface area contributed by atoms with Crippen molar-refractivity contribution in [3.63, 3.8) is 0 Å². The summed E-state index contributed by atoms with van der Waals surface area (Å²) in [5.41, 5.74) is 0. The van der Waals surface area contributed by atoms with Gasteiger partial charge in [0.2, 0.25) is 5.91 Å². The van der Waals surface area contributed by atoms with Gasteiger partial charge in [0.1, 0.15) is 5.78 Å². The quantitative estimate of drug-likeness (QED) is 0.474. The largest absolute Gasteiger partial charge is 0.379 e. The highest BCUT2D eigenvalue weighted by Gasteiger charge is 2.22. The molecule has 0 aromatic rings. The Labute approximate surface area is 178 Å². The molecule has 0 bridgehead atoms. The zero-order chi connectivity index (χ0) is 21.5. The number of piperidine rings is 1. The number of amides is 1. The normalized spacial score (nSPS) is 18.9. The minimum atomic E-state index is 0.234. The number of likely N-dealkylation sites (tertiary alicyclic amines) is 1. The fourth-order valence-corrected chi connectivity index (χ4v) is 3.85. The number of hydrogen-bond acceptors (Lipinski definition) is 4. The van der Waals surface area contributed by atoms with Crippen LogP contribution in [0, 0.1) is 11.8 Å². The second kappa shape index (κ2) is 15.8. The molecule has 1 unspecified atom stereocenters. The molecule has 0 aromatic carbocycles. The van der Waals surface area contributed by atoms with E-state index in [1.807, 2.05) is 18.7 Å². The molecule has 5 heteroatoms. The third kappa shape index (κ3) is 11.7. The van der Waals surface area contributed by atoms with Crippen molar-refractivity contribution in [2.45, 2.75) is 98.0 Å². The van der Waals surface area contributed by atoms with Crippen LogP contribution in [0.3, 0.4) is 0 Å². The van der Waals surface area contributed by atoms with E-state index in [4.69, 9.17) is 9.47 Å². The summed E-state index contributed by atoms with van der Waals surface area (Å²) < 4.78 is 10.9. The smallest absolute Gasteiger partial charge is 0.224 e. The summed E-state index contributed by atoms with van der Waals surface area (Å²) >= 11 is 0. The van der Waals surface area contributed by atoms with E-state index in [0.717, 1.165) is 45.2 Å². The molecule has 0 N–H and O–H groups in total. The summed E-state index contributed by atoms with van der Waals surface area (Å²) in [6.07, 6.45) is 11.5. The molecular weight excluding hydrogens is 366 g/mol. The Kier molecular flexibility index (Phi) is 14.3. The second-order valence-corrected chi connectivity index (χ2v) is 8.79. The zero-order valence-corrected chi connectivity index (χ0v) is 19.4. The van der Waals surface area contributed by atoms with E-state index in [2.05, 4.69) is 13.8 Å². The standard InChI is InChI=1S/C14H27NO3.C10H18O/c1-3-13(2)18-12-11-17-10-7-14(16)15-8-5-4-6-9-15;1-8(2)10(11)9-6-4-3-5-7-9/h13H,3-12H2,1-2H3;8-9H,3-7H2,1-2H3. The van der Waals surface area contributed by atoms with E-state index in [1.165, 1.54) is 25.7 Å². The first-order valence-electron chi connectivity index (χ1n) is 12.0. The fourth-order valence-electron chi connectivity index (χ4n) is 3.85. The highest BCUT2D eigenvalue weighted by Crippen LogP contribution is 2.26. The lowest BCUT2D eigenvalue weighted by atomic mass is 9.83. The van der Waals surface area contributed by atoms with Gasteiger partial charge in [-0.3, -0.25) is 9.59 Å². The van der Waals surface area contributed by atoms with Gasteiger partial charge in [-0.1, -0.05) is 40.0 Å². The van der Waals surface area contributed by atoms with Crippen molar-refractivity contribution >= 4 is 11.7 Å². The van der Waals surface area contributed by atoms with E-state index >= 15 is 0 Å². The molecule has 0 radical (unpaired) electrons. The number of carbonyl (C=O) groups is 2. The molecule has 1 aliphatic carbocycles. The monoisotopic (exact) mass is 411 g/mol. The first kappa shape index (κ1) is 26.1. The second-order valence-electron chi connectivity index (χ2n) is 8.79. The number of ether oxygens (including phenoxy) is 2. The topological polar surface area (TPSA) is 55.8 Å². The average molecular weight is 412 g/mol. The molecule has 1 atom stereocenters.